The number of carbonyl (C=O) groups excluding carboxylic acids is 2. The summed E-state index contributed by atoms with van der Waals surface area (Å²) in [5, 5.41) is 3.05. The smallest absolute Gasteiger partial charge is 0.366 e. The van der Waals surface area contributed by atoms with E-state index >= 15 is 0 Å². The summed E-state index contributed by atoms with van der Waals surface area (Å²) in [6, 6.07) is 8.80. The van der Waals surface area contributed by atoms with Crippen molar-refractivity contribution < 1.29 is 31.5 Å². The monoisotopic (exact) mass is 617 g/mol. The summed E-state index contributed by atoms with van der Waals surface area (Å²) in [6.07, 6.45) is 3.50. The predicted octanol–water partition coefficient (Wildman–Crippen LogP) is 5.73. The summed E-state index contributed by atoms with van der Waals surface area (Å²) in [5.74, 6) is -4.12. The van der Waals surface area contributed by atoms with Crippen molar-refractivity contribution in [2.75, 3.05) is 0 Å². The number of amides is 2. The van der Waals surface area contributed by atoms with Crippen LogP contribution in [0.2, 0.25) is 0 Å². The number of hydrogen-bond acceptors (Lipinski definition) is 4. The highest BCUT2D eigenvalue weighted by molar-refractivity contribution is 6.21. The zero-order chi connectivity index (χ0) is 30.9. The van der Waals surface area contributed by atoms with E-state index in [1.165, 1.54) is 23.0 Å². The van der Waals surface area contributed by atoms with Gasteiger partial charge in [-0.2, -0.15) is 13.9 Å². The molecule has 2 aromatic carbocycles. The molecule has 13 heteroatoms. The Morgan fingerprint density at radius 3 is 2.47 bits per heavy atom. The van der Waals surface area contributed by atoms with Crippen LogP contribution in [-0.2, 0) is 36.0 Å². The molecule has 2 amide bonds. The topological polar surface area (TPSA) is 103 Å². The fourth-order valence-corrected chi connectivity index (χ4v) is 5.56. The van der Waals surface area contributed by atoms with Gasteiger partial charge in [-0.05, 0) is 85.2 Å². The molecule has 0 spiro atoms. The summed E-state index contributed by atoms with van der Waals surface area (Å²) in [4.78, 5) is 29.6. The number of pyridine rings is 1. The molecule has 2 heterocycles. The summed E-state index contributed by atoms with van der Waals surface area (Å²) in [6.45, 7) is -0.437. The Labute approximate surface area is 247 Å². The first kappa shape index (κ1) is 30.1. The fraction of sp³-hybridized carbons (Fsp3) is 0.267. The zero-order valence-corrected chi connectivity index (χ0v) is 23.3. The minimum atomic E-state index is -3.71. The van der Waals surface area contributed by atoms with E-state index in [2.05, 4.69) is 15.4 Å². The third-order valence-corrected chi connectivity index (χ3v) is 7.41. The second-order valence-electron chi connectivity index (χ2n) is 10.2. The normalized spacial score (nSPS) is 13.8. The summed E-state index contributed by atoms with van der Waals surface area (Å²) in [7, 11) is 0. The molecule has 4 aromatic rings. The van der Waals surface area contributed by atoms with Crippen molar-refractivity contribution >= 4 is 23.4 Å². The Kier molecular flexibility index (Phi) is 8.50. The molecule has 0 aliphatic heterocycles. The van der Waals surface area contributed by atoms with Gasteiger partial charge in [0.2, 0.25) is 5.91 Å². The van der Waals surface area contributed by atoms with Gasteiger partial charge in [-0.3, -0.25) is 19.3 Å². The SMILES string of the molecule is NC(=O)c1cc(-c2cccnc2[C@H](Cc2cc(F)cc(F)c2)NC(=O)Cn2nc(C(F)(F)Cl)c3c2CCCC3)ccc1F. The highest BCUT2D eigenvalue weighted by Crippen LogP contribution is 2.38. The van der Waals surface area contributed by atoms with Crippen LogP contribution < -0.4 is 11.1 Å². The van der Waals surface area contributed by atoms with Crippen LogP contribution in [0.25, 0.3) is 11.1 Å². The lowest BCUT2D eigenvalue weighted by Crippen LogP contribution is -2.34. The summed E-state index contributed by atoms with van der Waals surface area (Å²) < 4.78 is 71.8. The standard InChI is InChI=1S/C30H25ClF5N5O2/c31-30(35,36)28-21-4-1-2-6-25(21)41(40-28)15-26(42)39-24(12-16-10-18(32)14-19(33)11-16)27-20(5-3-9-38-27)17-7-8-23(34)22(13-17)29(37)43/h3,5,7-11,13-14,24H,1-2,4,6,12,15H2,(H2,37,43)(H,39,42)/t24-/m0/s1. The van der Waals surface area contributed by atoms with Crippen molar-refractivity contribution in [3.63, 3.8) is 0 Å². The number of primary amides is 1. The summed E-state index contributed by atoms with van der Waals surface area (Å²) >= 11 is 5.31. The van der Waals surface area contributed by atoms with Gasteiger partial charge in [-0.25, -0.2) is 13.2 Å². The third kappa shape index (κ3) is 6.69. The molecule has 5 rings (SSSR count). The highest BCUT2D eigenvalue weighted by atomic mass is 35.5. The summed E-state index contributed by atoms with van der Waals surface area (Å²) in [5.41, 5.74) is 6.33. The van der Waals surface area contributed by atoms with Crippen molar-refractivity contribution in [2.45, 2.75) is 50.1 Å². The lowest BCUT2D eigenvalue weighted by atomic mass is 9.94. The Morgan fingerprint density at radius 1 is 1.05 bits per heavy atom. The van der Waals surface area contributed by atoms with E-state index in [1.807, 2.05) is 0 Å². The molecular weight excluding hydrogens is 593 g/mol. The molecule has 1 aliphatic carbocycles. The molecule has 0 bridgehead atoms. The van der Waals surface area contributed by atoms with Crippen molar-refractivity contribution in [2.24, 2.45) is 5.73 Å². The molecule has 2 aromatic heterocycles. The molecule has 0 unspecified atom stereocenters. The average molecular weight is 618 g/mol. The van der Waals surface area contributed by atoms with Gasteiger partial charge in [-0.1, -0.05) is 12.1 Å². The second kappa shape index (κ2) is 12.1. The first-order chi connectivity index (χ1) is 20.4. The van der Waals surface area contributed by atoms with Gasteiger partial charge >= 0.3 is 5.38 Å². The molecule has 1 aliphatic rings. The minimum absolute atomic E-state index is 0.128. The molecule has 0 fully saturated rings. The molecule has 43 heavy (non-hydrogen) atoms. The lowest BCUT2D eigenvalue weighted by Gasteiger charge is -2.22. The van der Waals surface area contributed by atoms with E-state index in [0.717, 1.165) is 24.6 Å². The first-order valence-corrected chi connectivity index (χ1v) is 13.7. The molecule has 0 saturated heterocycles. The quantitative estimate of drug-likeness (QED) is 0.185. The number of alkyl halides is 3. The Bertz CT molecular complexity index is 1680. The van der Waals surface area contributed by atoms with Gasteiger partial charge in [-0.15, -0.1) is 0 Å². The number of fused-ring (bicyclic) bond motifs is 1. The molecule has 3 N–H and O–H groups in total. The number of nitrogens with zero attached hydrogens (tertiary/aromatic N) is 3. The van der Waals surface area contributed by atoms with Gasteiger partial charge in [0.05, 0.1) is 17.3 Å². The van der Waals surface area contributed by atoms with Crippen molar-refractivity contribution in [3.8, 4) is 11.1 Å². The molecule has 224 valence electrons. The number of benzene rings is 2. The van der Waals surface area contributed by atoms with Crippen LogP contribution in [0.15, 0.2) is 54.7 Å². The van der Waals surface area contributed by atoms with Crippen LogP contribution in [-0.4, -0.2) is 26.6 Å². The Morgan fingerprint density at radius 2 is 1.77 bits per heavy atom. The highest BCUT2D eigenvalue weighted by Gasteiger charge is 2.37. The maximum absolute atomic E-state index is 14.2. The van der Waals surface area contributed by atoms with Crippen LogP contribution in [0.5, 0.6) is 0 Å². The maximum atomic E-state index is 14.2. The molecule has 0 saturated carbocycles. The number of nitrogens with one attached hydrogen (secondary N) is 1. The van der Waals surface area contributed by atoms with Crippen molar-refractivity contribution in [1.82, 2.24) is 20.1 Å². The van der Waals surface area contributed by atoms with E-state index < -0.39 is 52.9 Å². The fourth-order valence-electron chi connectivity index (χ4n) is 5.41. The van der Waals surface area contributed by atoms with Crippen LogP contribution in [0.3, 0.4) is 0 Å². The van der Waals surface area contributed by atoms with Crippen LogP contribution in [0.4, 0.5) is 22.0 Å². The van der Waals surface area contributed by atoms with Gasteiger partial charge in [0, 0.05) is 29.1 Å². The van der Waals surface area contributed by atoms with Crippen molar-refractivity contribution in [1.29, 1.82) is 0 Å². The number of rotatable bonds is 9. The van der Waals surface area contributed by atoms with Crippen LogP contribution >= 0.6 is 11.6 Å². The minimum Gasteiger partial charge on any atom is -0.366 e. The average Bonchev–Trinajstić information content (AvgIpc) is 3.31. The van der Waals surface area contributed by atoms with Gasteiger partial charge in [0.15, 0.2) is 5.69 Å². The lowest BCUT2D eigenvalue weighted by molar-refractivity contribution is -0.122. The van der Waals surface area contributed by atoms with Crippen LogP contribution in [0.1, 0.15) is 57.5 Å². The number of carbonyl (C=O) groups is 2. The number of aromatic nitrogens is 3. The molecule has 7 nitrogen and oxygen atoms in total. The zero-order valence-electron chi connectivity index (χ0n) is 22.5. The predicted molar refractivity (Wildman–Crippen MR) is 148 cm³/mol. The molecular formula is C30H25ClF5N5O2. The maximum Gasteiger partial charge on any atom is 0.366 e. The van der Waals surface area contributed by atoms with Crippen LogP contribution in [0, 0.1) is 17.5 Å². The number of hydrogen-bond donors (Lipinski definition) is 2. The first-order valence-electron chi connectivity index (χ1n) is 13.4. The van der Waals surface area contributed by atoms with Gasteiger partial charge in [0.1, 0.15) is 24.0 Å². The van der Waals surface area contributed by atoms with E-state index in [9.17, 15) is 31.5 Å². The number of halogens is 6. The van der Waals surface area contributed by atoms with E-state index in [1.54, 1.807) is 12.1 Å². The Balaban J connectivity index is 1.52. The molecule has 1 atom stereocenters. The largest absolute Gasteiger partial charge is 0.366 e. The number of nitrogens with two attached hydrogens (primary N) is 1. The van der Waals surface area contributed by atoms with E-state index in [4.69, 9.17) is 17.3 Å². The molecule has 0 radical (unpaired) electrons. The Hall–Kier alpha value is -4.32. The van der Waals surface area contributed by atoms with Gasteiger partial charge < -0.3 is 11.1 Å². The second-order valence-corrected chi connectivity index (χ2v) is 10.7. The van der Waals surface area contributed by atoms with E-state index in [-0.39, 0.29) is 23.2 Å². The van der Waals surface area contributed by atoms with E-state index in [0.29, 0.717) is 47.7 Å². The van der Waals surface area contributed by atoms with Crippen molar-refractivity contribution in [3.05, 3.63) is 106 Å². The van der Waals surface area contributed by atoms with Gasteiger partial charge in [0.25, 0.3) is 5.91 Å². The third-order valence-electron chi connectivity index (χ3n) is 7.23.